The molecule has 0 aromatic rings. The summed E-state index contributed by atoms with van der Waals surface area (Å²) < 4.78 is 0. The van der Waals surface area contributed by atoms with Gasteiger partial charge in [0.05, 0.1) is 6.07 Å². The van der Waals surface area contributed by atoms with Crippen molar-refractivity contribution in [1.82, 2.24) is 0 Å². The first-order valence-corrected chi connectivity index (χ1v) is 1.95. The lowest BCUT2D eigenvalue weighted by atomic mass is 10.2. The molecule has 0 fully saturated rings. The largest absolute Gasteiger partial charge is 0.376 e. The molecule has 1 atom stereocenters. The van der Waals surface area contributed by atoms with Crippen molar-refractivity contribution in [2.75, 3.05) is 0 Å². The normalized spacial score (nSPS) is 11.4. The van der Waals surface area contributed by atoms with Crippen LogP contribution in [0.5, 0.6) is 0 Å². The Hall–Kier alpha value is -1.30. The van der Waals surface area contributed by atoms with Crippen molar-refractivity contribution >= 4 is 5.97 Å². The Morgan fingerprint density at radius 3 is 2.38 bits per heavy atom. The van der Waals surface area contributed by atoms with Gasteiger partial charge < -0.3 is 0 Å². The topological polar surface area (TPSA) is 60.8 Å². The van der Waals surface area contributed by atoms with Gasteiger partial charge in [-0.3, -0.25) is 0 Å². The molecule has 0 saturated carbocycles. The first-order chi connectivity index (χ1) is 3.72. The van der Waals surface area contributed by atoms with Gasteiger partial charge in [-0.25, -0.2) is 9.90 Å². The molecule has 1 radical (unpaired) electrons. The van der Waals surface area contributed by atoms with Crippen LogP contribution in [-0.4, -0.2) is 5.97 Å². The Kier molecular flexibility index (Phi) is 2.35. The van der Waals surface area contributed by atoms with Crippen LogP contribution in [0, 0.1) is 17.2 Å². The first-order valence-electron chi connectivity index (χ1n) is 1.95. The minimum atomic E-state index is -1.40. The van der Waals surface area contributed by atoms with Crippen LogP contribution in [-0.2, 0) is 9.90 Å². The average molecular weight is 110 g/mol. The molecule has 0 aliphatic carbocycles. The zero-order valence-corrected chi connectivity index (χ0v) is 4.13. The average Bonchev–Trinajstić information content (AvgIpc) is 1.69. The number of carbonyl (C=O) groups excluding carboxylic acids is 1. The third-order valence-corrected chi connectivity index (χ3v) is 0.629. The van der Waals surface area contributed by atoms with Crippen molar-refractivity contribution in [2.45, 2.75) is 0 Å². The van der Waals surface area contributed by atoms with E-state index in [1.165, 1.54) is 6.07 Å². The smallest absolute Gasteiger partial charge is 0.246 e. The number of hydrogen-bond acceptors (Lipinski definition) is 2. The molecule has 0 aromatic heterocycles. The highest BCUT2D eigenvalue weighted by Crippen LogP contribution is 1.93. The number of nitriles is 1. The molecule has 0 aliphatic rings. The van der Waals surface area contributed by atoms with Gasteiger partial charge in [0.25, 0.3) is 0 Å². The van der Waals surface area contributed by atoms with E-state index in [2.05, 4.69) is 6.58 Å². The van der Waals surface area contributed by atoms with Crippen molar-refractivity contribution in [3.63, 3.8) is 0 Å². The van der Waals surface area contributed by atoms with Crippen molar-refractivity contribution in [3.05, 3.63) is 12.7 Å². The molecule has 3 heteroatoms. The van der Waals surface area contributed by atoms with Gasteiger partial charge in [0.2, 0.25) is 0 Å². The number of hydrogen-bond donors (Lipinski definition) is 0. The Bertz CT molecular complexity index is 145. The first kappa shape index (κ1) is 6.70. The molecular weight excluding hydrogens is 106 g/mol. The Labute approximate surface area is 46.9 Å². The van der Waals surface area contributed by atoms with E-state index >= 15 is 0 Å². The molecule has 0 bridgehead atoms. The quantitative estimate of drug-likeness (QED) is 0.479. The number of nitrogens with zero attached hydrogens (tertiary/aromatic N) is 1. The lowest BCUT2D eigenvalue weighted by Crippen LogP contribution is -2.05. The van der Waals surface area contributed by atoms with Crippen LogP contribution in [0.2, 0.25) is 0 Å². The third-order valence-electron chi connectivity index (χ3n) is 0.629. The molecule has 0 amide bonds. The lowest BCUT2D eigenvalue weighted by Gasteiger charge is -1.85. The van der Waals surface area contributed by atoms with E-state index in [0.29, 0.717) is 0 Å². The Morgan fingerprint density at radius 2 is 2.38 bits per heavy atom. The van der Waals surface area contributed by atoms with E-state index in [1.54, 1.807) is 0 Å². The van der Waals surface area contributed by atoms with E-state index in [9.17, 15) is 9.90 Å². The second-order valence-corrected chi connectivity index (χ2v) is 1.16. The molecule has 8 heavy (non-hydrogen) atoms. The van der Waals surface area contributed by atoms with Gasteiger partial charge >= 0.3 is 5.97 Å². The van der Waals surface area contributed by atoms with Crippen molar-refractivity contribution in [1.29, 1.82) is 5.26 Å². The molecule has 0 aliphatic heterocycles. The highest BCUT2D eigenvalue weighted by atomic mass is 16.4. The molecule has 0 spiro atoms. The maximum absolute atomic E-state index is 9.76. The summed E-state index contributed by atoms with van der Waals surface area (Å²) in [5, 5.41) is 17.7. The van der Waals surface area contributed by atoms with E-state index in [0.717, 1.165) is 6.08 Å². The minimum absolute atomic E-state index is 1.02. The van der Waals surface area contributed by atoms with Gasteiger partial charge in [-0.2, -0.15) is 5.26 Å². The molecule has 0 saturated heterocycles. The fourth-order valence-electron chi connectivity index (χ4n) is 0.202. The molecule has 1 unspecified atom stereocenters. The highest BCUT2D eigenvalue weighted by molar-refractivity contribution is 5.74. The minimum Gasteiger partial charge on any atom is -0.246 e. The van der Waals surface area contributed by atoms with Gasteiger partial charge in [-0.15, -0.1) is 6.58 Å². The summed E-state index contributed by atoms with van der Waals surface area (Å²) in [6.07, 6.45) is 1.02. The highest BCUT2D eigenvalue weighted by Gasteiger charge is 2.12. The van der Waals surface area contributed by atoms with Crippen LogP contribution in [0.25, 0.3) is 0 Å². The summed E-state index contributed by atoms with van der Waals surface area (Å²) >= 11 is 0. The summed E-state index contributed by atoms with van der Waals surface area (Å²) in [7, 11) is 0. The number of carbonyl (C=O) groups is 1. The fraction of sp³-hybridized carbons (Fsp3) is 0.200. The van der Waals surface area contributed by atoms with Gasteiger partial charge in [0.15, 0.2) is 5.92 Å². The maximum Gasteiger partial charge on any atom is 0.376 e. The summed E-state index contributed by atoms with van der Waals surface area (Å²) in [6.45, 7) is 3.11. The Balaban J connectivity index is 3.95. The van der Waals surface area contributed by atoms with Gasteiger partial charge in [0, 0.05) is 0 Å². The van der Waals surface area contributed by atoms with Crippen molar-refractivity contribution in [2.24, 2.45) is 5.92 Å². The molecular formula is C5H4NO2. The van der Waals surface area contributed by atoms with Crippen LogP contribution >= 0.6 is 0 Å². The summed E-state index contributed by atoms with van der Waals surface area (Å²) in [6, 6.07) is 1.47. The predicted molar refractivity (Wildman–Crippen MR) is 25.0 cm³/mol. The maximum atomic E-state index is 9.76. The predicted octanol–water partition coefficient (Wildman–Crippen LogP) is 0.269. The molecule has 41 valence electrons. The molecule has 0 N–H and O–H groups in total. The van der Waals surface area contributed by atoms with Crippen molar-refractivity contribution < 1.29 is 9.90 Å². The second-order valence-electron chi connectivity index (χ2n) is 1.16. The van der Waals surface area contributed by atoms with Crippen molar-refractivity contribution in [3.8, 4) is 6.07 Å². The third kappa shape index (κ3) is 1.43. The van der Waals surface area contributed by atoms with E-state index in [1.807, 2.05) is 0 Å². The van der Waals surface area contributed by atoms with Gasteiger partial charge in [-0.1, -0.05) is 6.08 Å². The SMILES string of the molecule is C=CC(C#N)C([O])=O. The van der Waals surface area contributed by atoms with E-state index < -0.39 is 11.9 Å². The van der Waals surface area contributed by atoms with Gasteiger partial charge in [0.1, 0.15) is 0 Å². The standard InChI is InChI=1S/C5H4NO2/c1-2-4(3-6)5(7)8/h2,4H,1H2. The van der Waals surface area contributed by atoms with E-state index in [-0.39, 0.29) is 0 Å². The second kappa shape index (κ2) is 2.80. The zero-order valence-electron chi connectivity index (χ0n) is 4.13. The van der Waals surface area contributed by atoms with Crippen LogP contribution in [0.4, 0.5) is 0 Å². The zero-order chi connectivity index (χ0) is 6.57. The van der Waals surface area contributed by atoms with Crippen LogP contribution in [0.1, 0.15) is 0 Å². The van der Waals surface area contributed by atoms with Crippen LogP contribution < -0.4 is 0 Å². The molecule has 3 nitrogen and oxygen atoms in total. The lowest BCUT2D eigenvalue weighted by molar-refractivity contribution is -0.144. The van der Waals surface area contributed by atoms with E-state index in [4.69, 9.17) is 5.26 Å². The summed E-state index contributed by atoms with van der Waals surface area (Å²) in [5.41, 5.74) is 0. The molecule has 0 rings (SSSR count). The van der Waals surface area contributed by atoms with Gasteiger partial charge in [-0.05, 0) is 0 Å². The van der Waals surface area contributed by atoms with Crippen LogP contribution in [0.3, 0.4) is 0 Å². The van der Waals surface area contributed by atoms with Crippen LogP contribution in [0.15, 0.2) is 12.7 Å². The summed E-state index contributed by atoms with van der Waals surface area (Å²) in [4.78, 5) is 9.76. The Morgan fingerprint density at radius 1 is 1.88 bits per heavy atom. The number of rotatable bonds is 2. The molecule has 0 aromatic carbocycles. The monoisotopic (exact) mass is 110 g/mol. The fourth-order valence-corrected chi connectivity index (χ4v) is 0.202. The molecule has 0 heterocycles. The summed E-state index contributed by atoms with van der Waals surface area (Å²) in [5.74, 6) is -2.57.